The molecule has 7 heteroatoms. The first-order valence-electron chi connectivity index (χ1n) is 8.58. The van der Waals surface area contributed by atoms with Crippen LogP contribution in [-0.4, -0.2) is 34.7 Å². The number of primary amides is 1. The molecule has 0 bridgehead atoms. The van der Waals surface area contributed by atoms with Crippen LogP contribution in [0, 0.1) is 5.92 Å². The van der Waals surface area contributed by atoms with E-state index in [4.69, 9.17) is 10.2 Å². The van der Waals surface area contributed by atoms with Gasteiger partial charge in [-0.3, -0.25) is 9.59 Å². The summed E-state index contributed by atoms with van der Waals surface area (Å²) < 4.78 is 5.47. The summed E-state index contributed by atoms with van der Waals surface area (Å²) in [6.45, 7) is 1.39. The molecule has 130 valence electrons. The van der Waals surface area contributed by atoms with Gasteiger partial charge in [-0.15, -0.1) is 0 Å². The lowest BCUT2D eigenvalue weighted by Crippen LogP contribution is -2.39. The summed E-state index contributed by atoms with van der Waals surface area (Å²) in [7, 11) is 0. The second-order valence-electron chi connectivity index (χ2n) is 6.74. The van der Waals surface area contributed by atoms with Crippen LogP contribution in [0.2, 0.25) is 0 Å². The number of Topliss-reactive ketones (excluding diaryl/α,β-unsaturated/α-hetero) is 1. The zero-order valence-corrected chi connectivity index (χ0v) is 13.9. The number of nitrogens with zero attached hydrogens (tertiary/aromatic N) is 3. The van der Waals surface area contributed by atoms with E-state index in [9.17, 15) is 9.59 Å². The number of nitrogens with two attached hydrogens (primary N) is 1. The van der Waals surface area contributed by atoms with Gasteiger partial charge in [-0.2, -0.15) is 0 Å². The number of rotatable bonds is 3. The van der Waals surface area contributed by atoms with Gasteiger partial charge in [0.1, 0.15) is 5.76 Å². The van der Waals surface area contributed by atoms with Crippen LogP contribution in [0.25, 0.3) is 0 Å². The molecule has 1 fully saturated rings. The van der Waals surface area contributed by atoms with E-state index in [0.29, 0.717) is 50.3 Å². The van der Waals surface area contributed by atoms with Crippen molar-refractivity contribution in [1.82, 2.24) is 9.97 Å². The molecule has 0 saturated carbocycles. The van der Waals surface area contributed by atoms with Crippen molar-refractivity contribution in [3.05, 3.63) is 41.6 Å². The normalized spacial score (nSPS) is 21.2. The largest absolute Gasteiger partial charge is 0.469 e. The molecule has 1 aliphatic carbocycles. The number of carbonyl (C=O) groups is 2. The molecule has 2 aliphatic rings. The molecule has 2 aromatic heterocycles. The SMILES string of the molecule is NC(=O)C1CCN(c2ncc3c(n2)C[C@H](c2ccco2)CC3=O)CC1. The van der Waals surface area contributed by atoms with Crippen LogP contribution in [0.3, 0.4) is 0 Å². The summed E-state index contributed by atoms with van der Waals surface area (Å²) in [5.41, 5.74) is 6.77. The highest BCUT2D eigenvalue weighted by atomic mass is 16.3. The fourth-order valence-corrected chi connectivity index (χ4v) is 3.68. The van der Waals surface area contributed by atoms with Crippen molar-refractivity contribution in [3.8, 4) is 0 Å². The number of furan rings is 1. The van der Waals surface area contributed by atoms with Gasteiger partial charge in [0, 0.05) is 44.0 Å². The minimum absolute atomic E-state index is 0.0262. The Bertz CT molecular complexity index is 795. The number of anilines is 1. The zero-order valence-electron chi connectivity index (χ0n) is 13.9. The van der Waals surface area contributed by atoms with Gasteiger partial charge in [-0.25, -0.2) is 9.97 Å². The van der Waals surface area contributed by atoms with Crippen LogP contribution >= 0.6 is 0 Å². The maximum absolute atomic E-state index is 12.4. The molecule has 1 aliphatic heterocycles. The highest BCUT2D eigenvalue weighted by Crippen LogP contribution is 2.32. The molecular formula is C18H20N4O3. The Balaban J connectivity index is 1.55. The lowest BCUT2D eigenvalue weighted by Gasteiger charge is -2.31. The predicted molar refractivity (Wildman–Crippen MR) is 90.3 cm³/mol. The average Bonchev–Trinajstić information content (AvgIpc) is 3.16. The Kier molecular flexibility index (Phi) is 3.99. The molecule has 1 amide bonds. The molecular weight excluding hydrogens is 320 g/mol. The summed E-state index contributed by atoms with van der Waals surface area (Å²) >= 11 is 0. The molecule has 7 nitrogen and oxygen atoms in total. The smallest absolute Gasteiger partial charge is 0.225 e. The van der Waals surface area contributed by atoms with Crippen LogP contribution in [0.5, 0.6) is 0 Å². The second-order valence-corrected chi connectivity index (χ2v) is 6.74. The summed E-state index contributed by atoms with van der Waals surface area (Å²) in [5, 5.41) is 0. The Morgan fingerprint density at radius 1 is 1.28 bits per heavy atom. The van der Waals surface area contributed by atoms with Crippen LogP contribution < -0.4 is 10.6 Å². The van der Waals surface area contributed by atoms with Crippen LogP contribution in [0.4, 0.5) is 5.95 Å². The van der Waals surface area contributed by atoms with E-state index in [0.717, 1.165) is 11.5 Å². The van der Waals surface area contributed by atoms with E-state index >= 15 is 0 Å². The molecule has 0 radical (unpaired) electrons. The van der Waals surface area contributed by atoms with E-state index in [2.05, 4.69) is 14.9 Å². The maximum atomic E-state index is 12.4. The number of ketones is 1. The Labute approximate surface area is 145 Å². The van der Waals surface area contributed by atoms with E-state index in [-0.39, 0.29) is 23.5 Å². The van der Waals surface area contributed by atoms with Crippen LogP contribution in [0.1, 0.15) is 47.0 Å². The number of amides is 1. The molecule has 1 saturated heterocycles. The minimum Gasteiger partial charge on any atom is -0.469 e. The van der Waals surface area contributed by atoms with Crippen LogP contribution in [0.15, 0.2) is 29.0 Å². The van der Waals surface area contributed by atoms with Gasteiger partial charge < -0.3 is 15.1 Å². The van der Waals surface area contributed by atoms with Gasteiger partial charge in [0.15, 0.2) is 5.78 Å². The van der Waals surface area contributed by atoms with Crippen molar-refractivity contribution in [2.75, 3.05) is 18.0 Å². The quantitative estimate of drug-likeness (QED) is 0.912. The third-order valence-corrected chi connectivity index (χ3v) is 5.15. The number of piperidine rings is 1. The molecule has 0 spiro atoms. The van der Waals surface area contributed by atoms with Crippen molar-refractivity contribution in [1.29, 1.82) is 0 Å². The topological polar surface area (TPSA) is 102 Å². The maximum Gasteiger partial charge on any atom is 0.225 e. The summed E-state index contributed by atoms with van der Waals surface area (Å²) in [6.07, 6.45) is 5.78. The van der Waals surface area contributed by atoms with E-state index < -0.39 is 0 Å². The van der Waals surface area contributed by atoms with Crippen molar-refractivity contribution < 1.29 is 14.0 Å². The summed E-state index contributed by atoms with van der Waals surface area (Å²) in [5.74, 6) is 1.22. The van der Waals surface area contributed by atoms with E-state index in [1.54, 1.807) is 12.5 Å². The summed E-state index contributed by atoms with van der Waals surface area (Å²) in [6, 6.07) is 3.74. The highest BCUT2D eigenvalue weighted by Gasteiger charge is 2.31. The monoisotopic (exact) mass is 340 g/mol. The first-order chi connectivity index (χ1) is 12.1. The Morgan fingerprint density at radius 2 is 2.08 bits per heavy atom. The van der Waals surface area contributed by atoms with Crippen molar-refractivity contribution >= 4 is 17.6 Å². The third kappa shape index (κ3) is 3.01. The molecule has 2 N–H and O–H groups in total. The molecule has 4 rings (SSSR count). The van der Waals surface area contributed by atoms with Gasteiger partial charge in [0.25, 0.3) is 0 Å². The molecule has 0 aromatic carbocycles. The molecule has 3 heterocycles. The second kappa shape index (κ2) is 6.31. The van der Waals surface area contributed by atoms with Crippen molar-refractivity contribution in [2.45, 2.75) is 31.6 Å². The van der Waals surface area contributed by atoms with Crippen molar-refractivity contribution in [2.24, 2.45) is 11.7 Å². The van der Waals surface area contributed by atoms with Gasteiger partial charge in [0.2, 0.25) is 11.9 Å². The first kappa shape index (κ1) is 15.8. The minimum atomic E-state index is -0.238. The van der Waals surface area contributed by atoms with Gasteiger partial charge in [-0.05, 0) is 25.0 Å². The standard InChI is InChI=1S/C18H20N4O3/c19-17(24)11-3-5-22(6-4-11)18-20-10-13-14(21-18)8-12(9-15(13)23)16-2-1-7-25-16/h1-2,7,10-12H,3-6,8-9H2,(H2,19,24)/t12-/m0/s1. The third-order valence-electron chi connectivity index (χ3n) is 5.15. The van der Waals surface area contributed by atoms with Crippen molar-refractivity contribution in [3.63, 3.8) is 0 Å². The lowest BCUT2D eigenvalue weighted by atomic mass is 9.85. The fourth-order valence-electron chi connectivity index (χ4n) is 3.68. The number of fused-ring (bicyclic) bond motifs is 1. The van der Waals surface area contributed by atoms with Gasteiger partial charge in [-0.1, -0.05) is 0 Å². The lowest BCUT2D eigenvalue weighted by molar-refractivity contribution is -0.122. The molecule has 2 aromatic rings. The van der Waals surface area contributed by atoms with E-state index in [1.165, 1.54) is 0 Å². The van der Waals surface area contributed by atoms with E-state index in [1.807, 2.05) is 12.1 Å². The molecule has 1 atom stereocenters. The molecule has 25 heavy (non-hydrogen) atoms. The van der Waals surface area contributed by atoms with Gasteiger partial charge in [0.05, 0.1) is 17.5 Å². The predicted octanol–water partition coefficient (Wildman–Crippen LogP) is 1.68. The average molecular weight is 340 g/mol. The first-order valence-corrected chi connectivity index (χ1v) is 8.58. The fraction of sp³-hybridized carbons (Fsp3) is 0.444. The molecule has 0 unspecified atom stereocenters. The zero-order chi connectivity index (χ0) is 17.4. The van der Waals surface area contributed by atoms with Gasteiger partial charge >= 0.3 is 0 Å². The number of hydrogen-bond acceptors (Lipinski definition) is 6. The Morgan fingerprint density at radius 3 is 2.76 bits per heavy atom. The number of carbonyl (C=O) groups excluding carboxylic acids is 2. The summed E-state index contributed by atoms with van der Waals surface area (Å²) in [4.78, 5) is 34.8. The highest BCUT2D eigenvalue weighted by molar-refractivity contribution is 5.98. The number of hydrogen-bond donors (Lipinski definition) is 1. The number of aromatic nitrogens is 2. The Hall–Kier alpha value is -2.70. The van der Waals surface area contributed by atoms with Crippen LogP contribution in [-0.2, 0) is 11.2 Å².